The fraction of sp³-hybridized carbons (Fsp3) is 0.143. The molecule has 0 atom stereocenters. The Morgan fingerprint density at radius 2 is 2.26 bits per heavy atom. The second kappa shape index (κ2) is 4.85. The highest BCUT2D eigenvalue weighted by molar-refractivity contribution is 7.11. The molecule has 0 spiro atoms. The molecule has 0 saturated carbocycles. The van der Waals surface area contributed by atoms with Gasteiger partial charge in [0, 0.05) is 16.5 Å². The third kappa shape index (κ3) is 2.51. The first-order chi connectivity index (χ1) is 9.22. The number of thiazole rings is 1. The Labute approximate surface area is 114 Å². The second-order valence-corrected chi connectivity index (χ2v) is 5.50. The summed E-state index contributed by atoms with van der Waals surface area (Å²) in [5.74, 6) is 0.129. The lowest BCUT2D eigenvalue weighted by Crippen LogP contribution is -2.21. The van der Waals surface area contributed by atoms with Crippen LogP contribution in [-0.2, 0) is 6.54 Å². The zero-order valence-electron chi connectivity index (χ0n) is 10.3. The van der Waals surface area contributed by atoms with Gasteiger partial charge in [-0.3, -0.25) is 4.79 Å². The van der Waals surface area contributed by atoms with Crippen molar-refractivity contribution in [3.63, 3.8) is 0 Å². The molecule has 0 fully saturated rings. The van der Waals surface area contributed by atoms with Crippen molar-refractivity contribution in [3.05, 3.63) is 52.2 Å². The normalized spacial score (nSPS) is 10.8. The van der Waals surface area contributed by atoms with Crippen LogP contribution in [0.25, 0.3) is 11.0 Å². The van der Waals surface area contributed by atoms with Gasteiger partial charge >= 0.3 is 0 Å². The standard InChI is InChI=1S/C14H12N2O2S/c1-9-15-7-11(19-9)8-16-14(17)13-6-10-4-2-3-5-12(10)18-13/h2-7H,8H2,1H3,(H,16,17). The predicted molar refractivity (Wildman–Crippen MR) is 74.2 cm³/mol. The van der Waals surface area contributed by atoms with Crippen molar-refractivity contribution in [1.29, 1.82) is 0 Å². The lowest BCUT2D eigenvalue weighted by atomic mass is 10.2. The molecule has 0 aliphatic carbocycles. The molecular weight excluding hydrogens is 260 g/mol. The molecule has 0 aliphatic heterocycles. The van der Waals surface area contributed by atoms with Crippen LogP contribution < -0.4 is 5.32 Å². The molecule has 1 N–H and O–H groups in total. The van der Waals surface area contributed by atoms with Gasteiger partial charge < -0.3 is 9.73 Å². The minimum absolute atomic E-state index is 0.206. The second-order valence-electron chi connectivity index (χ2n) is 4.18. The number of furan rings is 1. The van der Waals surface area contributed by atoms with E-state index in [1.807, 2.05) is 31.2 Å². The van der Waals surface area contributed by atoms with Crippen LogP contribution in [0.15, 0.2) is 40.9 Å². The minimum atomic E-state index is -0.206. The van der Waals surface area contributed by atoms with Crippen LogP contribution >= 0.6 is 11.3 Å². The van der Waals surface area contributed by atoms with Crippen molar-refractivity contribution in [1.82, 2.24) is 10.3 Å². The number of benzene rings is 1. The number of hydrogen-bond donors (Lipinski definition) is 1. The number of hydrogen-bond acceptors (Lipinski definition) is 4. The maximum absolute atomic E-state index is 12.0. The summed E-state index contributed by atoms with van der Waals surface area (Å²) in [5.41, 5.74) is 0.723. The van der Waals surface area contributed by atoms with Gasteiger partial charge in [-0.2, -0.15) is 0 Å². The summed E-state index contributed by atoms with van der Waals surface area (Å²) >= 11 is 1.57. The SMILES string of the molecule is Cc1ncc(CNC(=O)c2cc3ccccc3o2)s1. The molecule has 96 valence electrons. The number of fused-ring (bicyclic) bond motifs is 1. The van der Waals surface area contributed by atoms with E-state index in [1.165, 1.54) is 0 Å². The van der Waals surface area contributed by atoms with Crippen molar-refractivity contribution in [2.75, 3.05) is 0 Å². The van der Waals surface area contributed by atoms with Gasteiger partial charge in [-0.25, -0.2) is 4.98 Å². The molecule has 0 bridgehead atoms. The van der Waals surface area contributed by atoms with E-state index >= 15 is 0 Å². The van der Waals surface area contributed by atoms with Crippen molar-refractivity contribution in [3.8, 4) is 0 Å². The highest BCUT2D eigenvalue weighted by atomic mass is 32.1. The lowest BCUT2D eigenvalue weighted by Gasteiger charge is -1.99. The number of aryl methyl sites for hydroxylation is 1. The molecule has 0 unspecified atom stereocenters. The van der Waals surface area contributed by atoms with Crippen LogP contribution in [0.2, 0.25) is 0 Å². The maximum atomic E-state index is 12.0. The van der Waals surface area contributed by atoms with Crippen molar-refractivity contribution < 1.29 is 9.21 Å². The van der Waals surface area contributed by atoms with Gasteiger partial charge in [0.1, 0.15) is 5.58 Å². The van der Waals surface area contributed by atoms with Crippen LogP contribution in [0.4, 0.5) is 0 Å². The molecule has 1 amide bonds. The van der Waals surface area contributed by atoms with Crippen LogP contribution in [-0.4, -0.2) is 10.9 Å². The van der Waals surface area contributed by atoms with E-state index in [0.29, 0.717) is 12.3 Å². The first-order valence-electron chi connectivity index (χ1n) is 5.90. The Kier molecular flexibility index (Phi) is 3.05. The zero-order valence-corrected chi connectivity index (χ0v) is 11.2. The summed E-state index contributed by atoms with van der Waals surface area (Å²) in [6.07, 6.45) is 1.78. The topological polar surface area (TPSA) is 55.1 Å². The first kappa shape index (κ1) is 11.9. The highest BCUT2D eigenvalue weighted by Crippen LogP contribution is 2.19. The van der Waals surface area contributed by atoms with Crippen LogP contribution in [0.1, 0.15) is 20.4 Å². The molecular formula is C14H12N2O2S. The van der Waals surface area contributed by atoms with Crippen LogP contribution in [0.5, 0.6) is 0 Å². The Hall–Kier alpha value is -2.14. The number of aromatic nitrogens is 1. The first-order valence-corrected chi connectivity index (χ1v) is 6.72. The van der Waals surface area contributed by atoms with Crippen molar-refractivity contribution >= 4 is 28.2 Å². The number of nitrogens with zero attached hydrogens (tertiary/aromatic N) is 1. The van der Waals surface area contributed by atoms with E-state index in [0.717, 1.165) is 20.9 Å². The Morgan fingerprint density at radius 1 is 1.42 bits per heavy atom. The number of nitrogens with one attached hydrogen (secondary N) is 1. The van der Waals surface area contributed by atoms with Crippen molar-refractivity contribution in [2.24, 2.45) is 0 Å². The van der Waals surface area contributed by atoms with Gasteiger partial charge in [0.15, 0.2) is 5.76 Å². The average molecular weight is 272 g/mol. The van der Waals surface area contributed by atoms with E-state index in [2.05, 4.69) is 10.3 Å². The molecule has 2 aromatic heterocycles. The number of carbonyl (C=O) groups excluding carboxylic acids is 1. The van der Waals surface area contributed by atoms with E-state index in [9.17, 15) is 4.79 Å². The quantitative estimate of drug-likeness (QED) is 0.797. The molecule has 0 aliphatic rings. The molecule has 4 nitrogen and oxygen atoms in total. The Bertz CT molecular complexity index is 697. The summed E-state index contributed by atoms with van der Waals surface area (Å²) in [5, 5.41) is 4.75. The smallest absolute Gasteiger partial charge is 0.287 e. The summed E-state index contributed by atoms with van der Waals surface area (Å²) < 4.78 is 5.50. The van der Waals surface area contributed by atoms with Crippen molar-refractivity contribution in [2.45, 2.75) is 13.5 Å². The molecule has 0 saturated heterocycles. The largest absolute Gasteiger partial charge is 0.451 e. The summed E-state index contributed by atoms with van der Waals surface area (Å²) in [6.45, 7) is 2.41. The Balaban J connectivity index is 1.73. The van der Waals surface area contributed by atoms with Gasteiger partial charge in [0.2, 0.25) is 0 Å². The number of carbonyl (C=O) groups is 1. The zero-order chi connectivity index (χ0) is 13.2. The fourth-order valence-electron chi connectivity index (χ4n) is 1.84. The molecule has 2 heterocycles. The van der Waals surface area contributed by atoms with Crippen LogP contribution in [0.3, 0.4) is 0 Å². The number of para-hydroxylation sites is 1. The molecule has 5 heteroatoms. The fourth-order valence-corrected chi connectivity index (χ4v) is 2.57. The molecule has 19 heavy (non-hydrogen) atoms. The summed E-state index contributed by atoms with van der Waals surface area (Å²) in [4.78, 5) is 17.1. The Morgan fingerprint density at radius 3 is 3.00 bits per heavy atom. The number of amides is 1. The maximum Gasteiger partial charge on any atom is 0.287 e. The summed E-state index contributed by atoms with van der Waals surface area (Å²) in [6, 6.07) is 9.32. The molecule has 3 aromatic rings. The summed E-state index contributed by atoms with van der Waals surface area (Å²) in [7, 11) is 0. The predicted octanol–water partition coefficient (Wildman–Crippen LogP) is 3.13. The third-order valence-corrected chi connectivity index (χ3v) is 3.65. The molecule has 1 aromatic carbocycles. The van der Waals surface area contributed by atoms with E-state index < -0.39 is 0 Å². The lowest BCUT2D eigenvalue weighted by molar-refractivity contribution is 0.0925. The monoisotopic (exact) mass is 272 g/mol. The van der Waals surface area contributed by atoms with E-state index in [1.54, 1.807) is 23.6 Å². The van der Waals surface area contributed by atoms with Gasteiger partial charge in [-0.05, 0) is 19.1 Å². The van der Waals surface area contributed by atoms with Gasteiger partial charge in [-0.1, -0.05) is 18.2 Å². The van der Waals surface area contributed by atoms with Gasteiger partial charge in [0.25, 0.3) is 5.91 Å². The van der Waals surface area contributed by atoms with E-state index in [-0.39, 0.29) is 5.91 Å². The van der Waals surface area contributed by atoms with Gasteiger partial charge in [-0.15, -0.1) is 11.3 Å². The van der Waals surface area contributed by atoms with Crippen LogP contribution in [0, 0.1) is 6.92 Å². The average Bonchev–Trinajstić information content (AvgIpc) is 3.01. The number of rotatable bonds is 3. The molecule has 3 rings (SSSR count). The van der Waals surface area contributed by atoms with Gasteiger partial charge in [0.05, 0.1) is 11.6 Å². The van der Waals surface area contributed by atoms with E-state index in [4.69, 9.17) is 4.42 Å². The minimum Gasteiger partial charge on any atom is -0.451 e. The third-order valence-electron chi connectivity index (χ3n) is 2.74. The highest BCUT2D eigenvalue weighted by Gasteiger charge is 2.11. The molecule has 0 radical (unpaired) electrons.